The monoisotopic (exact) mass is 174 g/mol. The largest absolute Gasteiger partial charge is 0.198 e. The molecule has 0 radical (unpaired) electrons. The van der Waals surface area contributed by atoms with Crippen LogP contribution in [0.5, 0.6) is 0 Å². The van der Waals surface area contributed by atoms with E-state index < -0.39 is 5.41 Å². The van der Waals surface area contributed by atoms with Crippen molar-refractivity contribution in [2.45, 2.75) is 11.8 Å². The van der Waals surface area contributed by atoms with Crippen LogP contribution >= 0.6 is 11.3 Å². The molecule has 2 unspecified atom stereocenters. The molecular weight excluding hydrogens is 168 g/mol. The van der Waals surface area contributed by atoms with Crippen LogP contribution in [-0.4, -0.2) is 0 Å². The van der Waals surface area contributed by atoms with Gasteiger partial charge < -0.3 is 0 Å². The van der Waals surface area contributed by atoms with E-state index in [4.69, 9.17) is 10.5 Å². The van der Waals surface area contributed by atoms with Gasteiger partial charge in [-0.3, -0.25) is 0 Å². The van der Waals surface area contributed by atoms with Crippen LogP contribution in [0, 0.1) is 28.6 Å². The second-order valence-corrected chi connectivity index (χ2v) is 3.89. The van der Waals surface area contributed by atoms with Crippen molar-refractivity contribution in [3.8, 4) is 12.1 Å². The molecule has 0 spiro atoms. The topological polar surface area (TPSA) is 47.6 Å². The first-order chi connectivity index (χ1) is 5.83. The third-order valence-electron chi connectivity index (χ3n) is 2.28. The lowest BCUT2D eigenvalue weighted by Crippen LogP contribution is -2.02. The summed E-state index contributed by atoms with van der Waals surface area (Å²) in [7, 11) is 0. The molecule has 1 aromatic rings. The second-order valence-electron chi connectivity index (χ2n) is 2.95. The fourth-order valence-corrected chi connectivity index (χ4v) is 2.34. The summed E-state index contributed by atoms with van der Waals surface area (Å²) in [4.78, 5) is 1.04. The highest BCUT2D eigenvalue weighted by Gasteiger charge is 2.57. The van der Waals surface area contributed by atoms with Crippen molar-refractivity contribution in [1.29, 1.82) is 10.5 Å². The number of nitriles is 2. The van der Waals surface area contributed by atoms with E-state index in [1.165, 1.54) is 0 Å². The summed E-state index contributed by atoms with van der Waals surface area (Å²) in [5.74, 6) is -0.0823. The zero-order valence-electron chi connectivity index (χ0n) is 6.32. The predicted molar refractivity (Wildman–Crippen MR) is 45.3 cm³/mol. The quantitative estimate of drug-likeness (QED) is 0.654. The highest BCUT2D eigenvalue weighted by molar-refractivity contribution is 7.10. The van der Waals surface area contributed by atoms with E-state index in [0.717, 1.165) is 4.88 Å². The molecule has 1 heterocycles. The van der Waals surface area contributed by atoms with Gasteiger partial charge in [0, 0.05) is 4.88 Å². The average molecular weight is 174 g/mol. The molecule has 2 rings (SSSR count). The summed E-state index contributed by atoms with van der Waals surface area (Å²) in [6.07, 6.45) is 0.709. The first-order valence-corrected chi connectivity index (χ1v) is 4.56. The fraction of sp³-hybridized carbons (Fsp3) is 0.333. The molecule has 58 valence electrons. The Morgan fingerprint density at radius 1 is 1.58 bits per heavy atom. The smallest absolute Gasteiger partial charge is 0.108 e. The Bertz CT molecular complexity index is 368. The molecule has 1 aromatic heterocycles. The van der Waals surface area contributed by atoms with Crippen molar-refractivity contribution < 1.29 is 0 Å². The minimum atomic E-state index is -0.455. The highest BCUT2D eigenvalue weighted by Crippen LogP contribution is 2.54. The summed E-state index contributed by atoms with van der Waals surface area (Å²) in [6, 6.07) is 8.26. The molecule has 3 heteroatoms. The van der Waals surface area contributed by atoms with Gasteiger partial charge >= 0.3 is 0 Å². The fourth-order valence-electron chi connectivity index (χ4n) is 1.40. The van der Waals surface area contributed by atoms with Crippen molar-refractivity contribution in [1.82, 2.24) is 0 Å². The number of nitrogens with zero attached hydrogens (tertiary/aromatic N) is 2. The standard InChI is InChI=1S/C9H6N2S/c10-5-7-4-9(7,6-11)8-2-1-3-12-8/h1-3,7H,4H2. The summed E-state index contributed by atoms with van der Waals surface area (Å²) in [5.41, 5.74) is -0.455. The number of thiophene rings is 1. The normalized spacial score (nSPS) is 32.0. The van der Waals surface area contributed by atoms with Gasteiger partial charge in [-0.1, -0.05) is 6.07 Å². The summed E-state index contributed by atoms with van der Waals surface area (Å²) in [5, 5.41) is 19.6. The number of hydrogen-bond acceptors (Lipinski definition) is 3. The van der Waals surface area contributed by atoms with Gasteiger partial charge in [0.2, 0.25) is 0 Å². The van der Waals surface area contributed by atoms with Crippen LogP contribution in [0.25, 0.3) is 0 Å². The van der Waals surface area contributed by atoms with E-state index >= 15 is 0 Å². The molecule has 12 heavy (non-hydrogen) atoms. The molecule has 1 aliphatic carbocycles. The van der Waals surface area contributed by atoms with Crippen LogP contribution < -0.4 is 0 Å². The SMILES string of the molecule is N#CC1CC1(C#N)c1cccs1. The minimum absolute atomic E-state index is 0.0823. The van der Waals surface area contributed by atoms with Gasteiger partial charge in [-0.15, -0.1) is 11.3 Å². The highest BCUT2D eigenvalue weighted by atomic mass is 32.1. The molecule has 0 aromatic carbocycles. The Morgan fingerprint density at radius 3 is 2.83 bits per heavy atom. The Balaban J connectivity index is 2.37. The van der Waals surface area contributed by atoms with Gasteiger partial charge in [-0.05, 0) is 17.9 Å². The molecule has 2 atom stereocenters. The van der Waals surface area contributed by atoms with Crippen molar-refractivity contribution in [2.24, 2.45) is 5.92 Å². The molecular formula is C9H6N2S. The lowest BCUT2D eigenvalue weighted by atomic mass is 10.0. The zero-order chi connectivity index (χ0) is 8.60. The van der Waals surface area contributed by atoms with Gasteiger partial charge in [0.25, 0.3) is 0 Å². The van der Waals surface area contributed by atoms with Crippen LogP contribution in [0.2, 0.25) is 0 Å². The molecule has 1 saturated carbocycles. The van der Waals surface area contributed by atoms with E-state index in [9.17, 15) is 0 Å². The third kappa shape index (κ3) is 0.776. The molecule has 0 N–H and O–H groups in total. The van der Waals surface area contributed by atoms with E-state index in [-0.39, 0.29) is 5.92 Å². The van der Waals surface area contributed by atoms with Gasteiger partial charge in [0.15, 0.2) is 0 Å². The average Bonchev–Trinajstić information content (AvgIpc) is 2.57. The Morgan fingerprint density at radius 2 is 2.42 bits per heavy atom. The molecule has 1 aliphatic rings. The maximum absolute atomic E-state index is 8.94. The summed E-state index contributed by atoms with van der Waals surface area (Å²) < 4.78 is 0. The number of hydrogen-bond donors (Lipinski definition) is 0. The van der Waals surface area contributed by atoms with Crippen LogP contribution in [0.3, 0.4) is 0 Å². The molecule has 1 fully saturated rings. The summed E-state index contributed by atoms with van der Waals surface area (Å²) in [6.45, 7) is 0. The Labute approximate surface area is 74.7 Å². The zero-order valence-corrected chi connectivity index (χ0v) is 7.14. The first-order valence-electron chi connectivity index (χ1n) is 3.68. The van der Waals surface area contributed by atoms with Crippen LogP contribution in [-0.2, 0) is 5.41 Å². The van der Waals surface area contributed by atoms with Gasteiger partial charge in [-0.25, -0.2) is 0 Å². The van der Waals surface area contributed by atoms with Gasteiger partial charge in [0.1, 0.15) is 5.41 Å². The minimum Gasteiger partial charge on any atom is -0.198 e. The lowest BCUT2D eigenvalue weighted by molar-refractivity contribution is 0.871. The maximum atomic E-state index is 8.94. The third-order valence-corrected chi connectivity index (χ3v) is 3.32. The van der Waals surface area contributed by atoms with E-state index in [2.05, 4.69) is 12.1 Å². The maximum Gasteiger partial charge on any atom is 0.108 e. The van der Waals surface area contributed by atoms with E-state index in [0.29, 0.717) is 6.42 Å². The second kappa shape index (κ2) is 2.33. The van der Waals surface area contributed by atoms with E-state index in [1.807, 2.05) is 17.5 Å². The predicted octanol–water partition coefficient (Wildman–Crippen LogP) is 2.05. The molecule has 0 bridgehead atoms. The molecule has 0 aliphatic heterocycles. The summed E-state index contributed by atoms with van der Waals surface area (Å²) >= 11 is 1.56. The van der Waals surface area contributed by atoms with Crippen LogP contribution in [0.4, 0.5) is 0 Å². The van der Waals surface area contributed by atoms with E-state index in [1.54, 1.807) is 11.3 Å². The van der Waals surface area contributed by atoms with Crippen molar-refractivity contribution >= 4 is 11.3 Å². The first kappa shape index (κ1) is 7.34. The molecule has 0 saturated heterocycles. The van der Waals surface area contributed by atoms with Gasteiger partial charge in [0.05, 0.1) is 18.1 Å². The Kier molecular flexibility index (Phi) is 1.43. The number of rotatable bonds is 1. The lowest BCUT2D eigenvalue weighted by Gasteiger charge is -1.99. The molecule has 0 amide bonds. The van der Waals surface area contributed by atoms with Crippen molar-refractivity contribution in [3.05, 3.63) is 22.4 Å². The van der Waals surface area contributed by atoms with Crippen LogP contribution in [0.15, 0.2) is 17.5 Å². The van der Waals surface area contributed by atoms with Crippen molar-refractivity contribution in [2.75, 3.05) is 0 Å². The Hall–Kier alpha value is -1.32. The van der Waals surface area contributed by atoms with Crippen molar-refractivity contribution in [3.63, 3.8) is 0 Å². The van der Waals surface area contributed by atoms with Gasteiger partial charge in [-0.2, -0.15) is 10.5 Å². The molecule has 2 nitrogen and oxygen atoms in total. The van der Waals surface area contributed by atoms with Crippen LogP contribution in [0.1, 0.15) is 11.3 Å².